The molecule has 2 N–H and O–H groups in total. The summed E-state index contributed by atoms with van der Waals surface area (Å²) in [5.41, 5.74) is -0.515. The van der Waals surface area contributed by atoms with Crippen LogP contribution >= 0.6 is 0 Å². The molecule has 0 radical (unpaired) electrons. The van der Waals surface area contributed by atoms with Crippen molar-refractivity contribution in [3.05, 3.63) is 36.4 Å². The average molecular weight is 468 g/mol. The molecule has 5 rings (SSSR count). The lowest BCUT2D eigenvalue weighted by atomic mass is 9.74. The molecule has 1 aliphatic carbocycles. The second kappa shape index (κ2) is 9.06. The summed E-state index contributed by atoms with van der Waals surface area (Å²) in [6, 6.07) is 6.47. The van der Waals surface area contributed by atoms with Gasteiger partial charge in [0.15, 0.2) is 0 Å². The lowest BCUT2D eigenvalue weighted by Gasteiger charge is -2.34. The Morgan fingerprint density at radius 3 is 2.74 bits per heavy atom. The molecule has 1 aromatic rings. The van der Waals surface area contributed by atoms with Gasteiger partial charge in [-0.1, -0.05) is 44.4 Å². The molecule has 3 heterocycles. The lowest BCUT2D eigenvalue weighted by Crippen LogP contribution is -2.56. The van der Waals surface area contributed by atoms with Gasteiger partial charge in [-0.15, -0.1) is 0 Å². The molecule has 1 aromatic carbocycles. The van der Waals surface area contributed by atoms with E-state index in [0.29, 0.717) is 18.0 Å². The minimum atomic E-state index is -1.11. The van der Waals surface area contributed by atoms with Crippen molar-refractivity contribution in [2.45, 2.75) is 69.2 Å². The summed E-state index contributed by atoms with van der Waals surface area (Å²) in [6.45, 7) is 2.43. The van der Waals surface area contributed by atoms with Crippen LogP contribution in [0.3, 0.4) is 0 Å². The number of anilines is 1. The van der Waals surface area contributed by atoms with E-state index in [1.165, 1.54) is 6.42 Å². The van der Waals surface area contributed by atoms with Crippen LogP contribution in [0.5, 0.6) is 5.75 Å². The van der Waals surface area contributed by atoms with Gasteiger partial charge in [0, 0.05) is 24.3 Å². The van der Waals surface area contributed by atoms with E-state index in [1.807, 2.05) is 19.1 Å². The van der Waals surface area contributed by atoms with E-state index in [-0.39, 0.29) is 23.8 Å². The standard InChI is InChI=1S/C26H33N3O5/c1-3-14-29-22(24(31)27-16-8-5-4-6-9-16)26-13-12-19(34-26)20(21(26)25(29)32)23(30)28-17-10-7-11-18(15-17)33-2/h7,10-13,15-16,19-22H,3-6,8-9,14H2,1-2H3,(H,27,31)(H,28,30)/t19-,20-,21-,22+,26+/m1/s1. The Hall–Kier alpha value is -2.87. The van der Waals surface area contributed by atoms with Crippen LogP contribution in [0.2, 0.25) is 0 Å². The van der Waals surface area contributed by atoms with Gasteiger partial charge in [-0.25, -0.2) is 0 Å². The summed E-state index contributed by atoms with van der Waals surface area (Å²) in [4.78, 5) is 42.3. The average Bonchev–Trinajstić information content (AvgIpc) is 3.48. The molecule has 8 heteroatoms. The number of methoxy groups -OCH3 is 1. The number of hydrogen-bond acceptors (Lipinski definition) is 5. The highest BCUT2D eigenvalue weighted by Crippen LogP contribution is 2.55. The van der Waals surface area contributed by atoms with Gasteiger partial charge in [-0.2, -0.15) is 0 Å². The molecular formula is C26H33N3O5. The van der Waals surface area contributed by atoms with Gasteiger partial charge in [0.1, 0.15) is 17.4 Å². The molecule has 3 amide bonds. The first-order valence-corrected chi connectivity index (χ1v) is 12.4. The molecule has 3 aliphatic heterocycles. The first-order chi connectivity index (χ1) is 16.5. The van der Waals surface area contributed by atoms with Crippen LogP contribution in [-0.4, -0.2) is 60.1 Å². The highest BCUT2D eigenvalue weighted by atomic mass is 16.5. The monoisotopic (exact) mass is 467 g/mol. The third-order valence-corrected chi connectivity index (χ3v) is 7.68. The molecule has 182 valence electrons. The fourth-order valence-electron chi connectivity index (χ4n) is 6.20. The zero-order valence-electron chi connectivity index (χ0n) is 19.8. The smallest absolute Gasteiger partial charge is 0.246 e. The number of nitrogens with zero attached hydrogens (tertiary/aromatic N) is 1. The summed E-state index contributed by atoms with van der Waals surface area (Å²) in [5.74, 6) is -1.42. The fraction of sp³-hybridized carbons (Fsp3) is 0.577. The quantitative estimate of drug-likeness (QED) is 0.601. The van der Waals surface area contributed by atoms with Gasteiger partial charge in [0.05, 0.1) is 25.0 Å². The maximum Gasteiger partial charge on any atom is 0.246 e. The van der Waals surface area contributed by atoms with Gasteiger partial charge in [-0.3, -0.25) is 14.4 Å². The highest BCUT2D eigenvalue weighted by molar-refractivity contribution is 6.02. The first kappa shape index (κ1) is 22.9. The summed E-state index contributed by atoms with van der Waals surface area (Å²) in [6.07, 6.45) is 9.20. The summed E-state index contributed by atoms with van der Waals surface area (Å²) >= 11 is 0. The van der Waals surface area contributed by atoms with Crippen molar-refractivity contribution < 1.29 is 23.9 Å². The minimum absolute atomic E-state index is 0.130. The number of carbonyl (C=O) groups excluding carboxylic acids is 3. The van der Waals surface area contributed by atoms with Gasteiger partial charge in [-0.05, 0) is 31.4 Å². The molecule has 4 aliphatic rings. The molecule has 1 spiro atoms. The van der Waals surface area contributed by atoms with E-state index in [9.17, 15) is 14.4 Å². The van der Waals surface area contributed by atoms with Crippen molar-refractivity contribution >= 4 is 23.4 Å². The highest BCUT2D eigenvalue weighted by Gasteiger charge is 2.72. The van der Waals surface area contributed by atoms with Gasteiger partial charge in [0.25, 0.3) is 0 Å². The molecule has 5 atom stereocenters. The Balaban J connectivity index is 1.41. The Kier molecular flexibility index (Phi) is 6.10. The van der Waals surface area contributed by atoms with Crippen molar-refractivity contribution in [3.63, 3.8) is 0 Å². The van der Waals surface area contributed by atoms with E-state index in [1.54, 1.807) is 36.3 Å². The van der Waals surface area contributed by atoms with Gasteiger partial charge >= 0.3 is 0 Å². The number of amides is 3. The van der Waals surface area contributed by atoms with Crippen LogP contribution in [0.15, 0.2) is 36.4 Å². The van der Waals surface area contributed by atoms with Crippen LogP contribution in [0, 0.1) is 11.8 Å². The minimum Gasteiger partial charge on any atom is -0.497 e. The fourth-order valence-corrected chi connectivity index (χ4v) is 6.20. The number of nitrogens with one attached hydrogen (secondary N) is 2. The van der Waals surface area contributed by atoms with E-state index in [4.69, 9.17) is 9.47 Å². The number of benzene rings is 1. The molecule has 2 saturated heterocycles. The zero-order valence-corrected chi connectivity index (χ0v) is 19.8. The SMILES string of the molecule is CCCN1C(=O)[C@H]2[C@H](C(=O)Nc3cccc(OC)c3)[C@H]3C=C[C@@]2(O3)[C@@H]1C(=O)NC1CCCCC1. The van der Waals surface area contributed by atoms with E-state index in [0.717, 1.165) is 32.1 Å². The van der Waals surface area contributed by atoms with Gasteiger partial charge < -0.3 is 25.0 Å². The van der Waals surface area contributed by atoms with E-state index >= 15 is 0 Å². The van der Waals surface area contributed by atoms with Crippen LogP contribution < -0.4 is 15.4 Å². The van der Waals surface area contributed by atoms with Crippen molar-refractivity contribution in [3.8, 4) is 5.75 Å². The molecule has 0 unspecified atom stereocenters. The summed E-state index contributed by atoms with van der Waals surface area (Å²) < 4.78 is 11.6. The number of carbonyl (C=O) groups is 3. The van der Waals surface area contributed by atoms with Crippen molar-refractivity contribution in [2.75, 3.05) is 19.0 Å². The molecule has 8 nitrogen and oxygen atoms in total. The normalized spacial score (nSPS) is 32.1. The Morgan fingerprint density at radius 1 is 1.21 bits per heavy atom. The molecule has 34 heavy (non-hydrogen) atoms. The predicted octanol–water partition coefficient (Wildman–Crippen LogP) is 2.64. The van der Waals surface area contributed by atoms with E-state index in [2.05, 4.69) is 10.6 Å². The zero-order chi connectivity index (χ0) is 23.9. The Morgan fingerprint density at radius 2 is 2.00 bits per heavy atom. The van der Waals surface area contributed by atoms with E-state index < -0.39 is 29.6 Å². The molecular weight excluding hydrogens is 434 g/mol. The Bertz CT molecular complexity index is 1000. The third kappa shape index (κ3) is 3.68. The number of fused-ring (bicyclic) bond motifs is 1. The third-order valence-electron chi connectivity index (χ3n) is 7.68. The summed E-state index contributed by atoms with van der Waals surface area (Å²) in [5, 5.41) is 6.12. The lowest BCUT2D eigenvalue weighted by molar-refractivity contribution is -0.141. The van der Waals surface area contributed by atoms with Gasteiger partial charge in [0.2, 0.25) is 17.7 Å². The number of likely N-dealkylation sites (tertiary alicyclic amines) is 1. The second-order valence-electron chi connectivity index (χ2n) is 9.80. The van der Waals surface area contributed by atoms with Crippen LogP contribution in [-0.2, 0) is 19.1 Å². The van der Waals surface area contributed by atoms with Crippen molar-refractivity contribution in [1.29, 1.82) is 0 Å². The number of hydrogen-bond donors (Lipinski definition) is 2. The molecule has 0 aromatic heterocycles. The largest absolute Gasteiger partial charge is 0.497 e. The second-order valence-corrected chi connectivity index (χ2v) is 9.80. The van der Waals surface area contributed by atoms with Crippen molar-refractivity contribution in [2.24, 2.45) is 11.8 Å². The van der Waals surface area contributed by atoms with Crippen LogP contribution in [0.25, 0.3) is 0 Å². The number of ether oxygens (including phenoxy) is 2. The molecule has 2 bridgehead atoms. The van der Waals surface area contributed by atoms with Crippen molar-refractivity contribution in [1.82, 2.24) is 10.2 Å². The molecule has 3 fully saturated rings. The van der Waals surface area contributed by atoms with Crippen LogP contribution in [0.4, 0.5) is 5.69 Å². The maximum absolute atomic E-state index is 13.7. The molecule has 1 saturated carbocycles. The first-order valence-electron chi connectivity index (χ1n) is 12.4. The predicted molar refractivity (Wildman–Crippen MR) is 126 cm³/mol. The maximum atomic E-state index is 13.7. The summed E-state index contributed by atoms with van der Waals surface area (Å²) in [7, 11) is 1.57. The Labute approximate surface area is 200 Å². The number of rotatable bonds is 7. The van der Waals surface area contributed by atoms with Crippen LogP contribution in [0.1, 0.15) is 45.4 Å². The topological polar surface area (TPSA) is 97.0 Å².